The second kappa shape index (κ2) is 8.06. The molecule has 1 N–H and O–H groups in total. The van der Waals surface area contributed by atoms with E-state index in [1.807, 2.05) is 38.1 Å². The minimum Gasteiger partial charge on any atom is -0.454 e. The standard InChI is InChI=1S/C18H22N2O3S/c1-12-5-8-15(9-6-12)24-13(2)17(21)19-11-14-7-10-16(23-14)18(22)20(3)4/h5-10,13H,11H2,1-4H3,(H,19,21). The van der Waals surface area contributed by atoms with Crippen molar-refractivity contribution in [3.8, 4) is 0 Å². The average Bonchev–Trinajstić information content (AvgIpc) is 3.02. The highest BCUT2D eigenvalue weighted by Gasteiger charge is 2.16. The summed E-state index contributed by atoms with van der Waals surface area (Å²) in [6.07, 6.45) is 0. The van der Waals surface area contributed by atoms with Gasteiger partial charge in [0.15, 0.2) is 5.76 Å². The van der Waals surface area contributed by atoms with Gasteiger partial charge in [-0.1, -0.05) is 17.7 Å². The third-order valence-electron chi connectivity index (χ3n) is 3.42. The molecule has 128 valence electrons. The fraction of sp³-hybridized carbons (Fsp3) is 0.333. The fourth-order valence-electron chi connectivity index (χ4n) is 2.00. The van der Waals surface area contributed by atoms with Gasteiger partial charge in [-0.3, -0.25) is 9.59 Å². The summed E-state index contributed by atoms with van der Waals surface area (Å²) in [6.45, 7) is 4.16. The van der Waals surface area contributed by atoms with E-state index in [9.17, 15) is 9.59 Å². The van der Waals surface area contributed by atoms with Crippen molar-refractivity contribution in [1.29, 1.82) is 0 Å². The van der Waals surface area contributed by atoms with Gasteiger partial charge < -0.3 is 14.6 Å². The van der Waals surface area contributed by atoms with E-state index in [0.29, 0.717) is 5.76 Å². The maximum absolute atomic E-state index is 12.2. The topological polar surface area (TPSA) is 62.6 Å². The molecular formula is C18H22N2O3S. The highest BCUT2D eigenvalue weighted by Crippen LogP contribution is 2.23. The Morgan fingerprint density at radius 1 is 1.17 bits per heavy atom. The van der Waals surface area contributed by atoms with Crippen LogP contribution in [0.15, 0.2) is 45.7 Å². The van der Waals surface area contributed by atoms with Gasteiger partial charge in [0, 0.05) is 19.0 Å². The summed E-state index contributed by atoms with van der Waals surface area (Å²) in [5.41, 5.74) is 1.19. The zero-order valence-corrected chi connectivity index (χ0v) is 15.1. The molecule has 24 heavy (non-hydrogen) atoms. The SMILES string of the molecule is Cc1ccc(SC(C)C(=O)NCc2ccc(C(=O)N(C)C)o2)cc1. The number of nitrogens with one attached hydrogen (secondary N) is 1. The van der Waals surface area contributed by atoms with Crippen molar-refractivity contribution in [2.24, 2.45) is 0 Å². The molecule has 0 saturated carbocycles. The molecule has 1 unspecified atom stereocenters. The van der Waals surface area contributed by atoms with Gasteiger partial charge in [-0.15, -0.1) is 11.8 Å². The zero-order valence-electron chi connectivity index (χ0n) is 14.3. The summed E-state index contributed by atoms with van der Waals surface area (Å²) in [4.78, 5) is 26.5. The van der Waals surface area contributed by atoms with Crippen LogP contribution in [0.5, 0.6) is 0 Å². The summed E-state index contributed by atoms with van der Waals surface area (Å²) >= 11 is 1.51. The van der Waals surface area contributed by atoms with Crippen LogP contribution in [0.4, 0.5) is 0 Å². The molecule has 0 fully saturated rings. The highest BCUT2D eigenvalue weighted by atomic mass is 32.2. The average molecular weight is 346 g/mol. The van der Waals surface area contributed by atoms with Crippen LogP contribution in [0.3, 0.4) is 0 Å². The first-order valence-corrected chi connectivity index (χ1v) is 8.56. The second-order valence-corrected chi connectivity index (χ2v) is 7.17. The Kier molecular flexibility index (Phi) is 6.09. The van der Waals surface area contributed by atoms with Gasteiger partial charge in [-0.05, 0) is 38.1 Å². The predicted molar refractivity (Wildman–Crippen MR) is 95.1 cm³/mol. The van der Waals surface area contributed by atoms with E-state index in [1.54, 1.807) is 26.2 Å². The Balaban J connectivity index is 1.86. The van der Waals surface area contributed by atoms with Crippen molar-refractivity contribution in [1.82, 2.24) is 10.2 Å². The van der Waals surface area contributed by atoms with Gasteiger partial charge in [0.05, 0.1) is 11.8 Å². The fourth-order valence-corrected chi connectivity index (χ4v) is 2.89. The molecule has 1 aromatic heterocycles. The second-order valence-electron chi connectivity index (χ2n) is 5.76. The normalized spacial score (nSPS) is 11.8. The van der Waals surface area contributed by atoms with Gasteiger partial charge >= 0.3 is 0 Å². The first kappa shape index (κ1) is 18.1. The van der Waals surface area contributed by atoms with E-state index in [-0.39, 0.29) is 29.4 Å². The van der Waals surface area contributed by atoms with Crippen LogP contribution >= 0.6 is 11.8 Å². The summed E-state index contributed by atoms with van der Waals surface area (Å²) in [7, 11) is 3.33. The van der Waals surface area contributed by atoms with E-state index < -0.39 is 0 Å². The highest BCUT2D eigenvalue weighted by molar-refractivity contribution is 8.00. The lowest BCUT2D eigenvalue weighted by molar-refractivity contribution is -0.120. The number of furan rings is 1. The van der Waals surface area contributed by atoms with Crippen LogP contribution in [0, 0.1) is 6.92 Å². The number of benzene rings is 1. The van der Waals surface area contributed by atoms with Crippen molar-refractivity contribution < 1.29 is 14.0 Å². The first-order chi connectivity index (χ1) is 11.4. The van der Waals surface area contributed by atoms with E-state index in [4.69, 9.17) is 4.42 Å². The summed E-state index contributed by atoms with van der Waals surface area (Å²) in [6, 6.07) is 11.4. The minimum atomic E-state index is -0.217. The molecule has 0 spiro atoms. The van der Waals surface area contributed by atoms with Gasteiger partial charge in [-0.25, -0.2) is 0 Å². The van der Waals surface area contributed by atoms with Gasteiger partial charge in [-0.2, -0.15) is 0 Å². The molecule has 2 aromatic rings. The molecule has 5 nitrogen and oxygen atoms in total. The molecule has 2 rings (SSSR count). The molecule has 0 saturated heterocycles. The molecular weight excluding hydrogens is 324 g/mol. The first-order valence-electron chi connectivity index (χ1n) is 7.68. The van der Waals surface area contributed by atoms with E-state index in [1.165, 1.54) is 22.2 Å². The van der Waals surface area contributed by atoms with Gasteiger partial charge in [0.25, 0.3) is 5.91 Å². The largest absolute Gasteiger partial charge is 0.454 e. The minimum absolute atomic E-state index is 0.0718. The third kappa shape index (κ3) is 4.89. The van der Waals surface area contributed by atoms with Crippen molar-refractivity contribution in [3.63, 3.8) is 0 Å². The van der Waals surface area contributed by atoms with E-state index in [2.05, 4.69) is 5.32 Å². The Labute approximate surface area is 146 Å². The summed E-state index contributed by atoms with van der Waals surface area (Å²) in [5, 5.41) is 2.62. The number of carbonyl (C=O) groups is 2. The molecule has 1 aromatic carbocycles. The van der Waals surface area contributed by atoms with Crippen molar-refractivity contribution >= 4 is 23.6 Å². The zero-order chi connectivity index (χ0) is 17.7. The molecule has 0 bridgehead atoms. The third-order valence-corrected chi connectivity index (χ3v) is 4.53. The molecule has 0 radical (unpaired) electrons. The van der Waals surface area contributed by atoms with Crippen molar-refractivity contribution in [3.05, 3.63) is 53.5 Å². The van der Waals surface area contributed by atoms with Crippen LogP contribution in [0.1, 0.15) is 28.8 Å². The lowest BCUT2D eigenvalue weighted by Gasteiger charge is -2.11. The van der Waals surface area contributed by atoms with E-state index >= 15 is 0 Å². The molecule has 0 aliphatic rings. The quantitative estimate of drug-likeness (QED) is 0.817. The molecule has 6 heteroatoms. The van der Waals surface area contributed by atoms with Crippen molar-refractivity contribution in [2.45, 2.75) is 30.5 Å². The number of rotatable bonds is 6. The lowest BCUT2D eigenvalue weighted by atomic mass is 10.2. The number of hydrogen-bond acceptors (Lipinski definition) is 4. The monoisotopic (exact) mass is 346 g/mol. The Hall–Kier alpha value is -2.21. The molecule has 0 aliphatic carbocycles. The Morgan fingerprint density at radius 3 is 2.46 bits per heavy atom. The number of thioether (sulfide) groups is 1. The maximum atomic E-state index is 12.2. The Morgan fingerprint density at radius 2 is 1.83 bits per heavy atom. The van der Waals surface area contributed by atoms with Gasteiger partial charge in [0.2, 0.25) is 5.91 Å². The van der Waals surface area contributed by atoms with Crippen LogP contribution in [-0.2, 0) is 11.3 Å². The van der Waals surface area contributed by atoms with Crippen LogP contribution < -0.4 is 5.32 Å². The number of aryl methyl sites for hydroxylation is 1. The predicted octanol–water partition coefficient (Wildman–Crippen LogP) is 3.09. The summed E-state index contributed by atoms with van der Waals surface area (Å²) < 4.78 is 5.46. The summed E-state index contributed by atoms with van der Waals surface area (Å²) in [5.74, 6) is 0.556. The lowest BCUT2D eigenvalue weighted by Crippen LogP contribution is -2.30. The van der Waals surface area contributed by atoms with Crippen molar-refractivity contribution in [2.75, 3.05) is 14.1 Å². The van der Waals surface area contributed by atoms with Gasteiger partial charge in [0.1, 0.15) is 5.76 Å². The Bertz CT molecular complexity index is 707. The van der Waals surface area contributed by atoms with Crippen LogP contribution in [0.2, 0.25) is 0 Å². The molecule has 2 amide bonds. The number of hydrogen-bond donors (Lipinski definition) is 1. The van der Waals surface area contributed by atoms with Crippen LogP contribution in [-0.4, -0.2) is 36.1 Å². The number of amides is 2. The number of carbonyl (C=O) groups excluding carboxylic acids is 2. The molecule has 0 aliphatic heterocycles. The molecule has 1 atom stereocenters. The van der Waals surface area contributed by atoms with Crippen LogP contribution in [0.25, 0.3) is 0 Å². The van der Waals surface area contributed by atoms with E-state index in [0.717, 1.165) is 4.90 Å². The maximum Gasteiger partial charge on any atom is 0.289 e. The molecule has 1 heterocycles. The smallest absolute Gasteiger partial charge is 0.289 e. The number of nitrogens with zero attached hydrogens (tertiary/aromatic N) is 1.